The van der Waals surface area contributed by atoms with Crippen LogP contribution in [-0.4, -0.2) is 25.2 Å². The molecule has 1 heterocycles. The van der Waals surface area contributed by atoms with E-state index in [1.807, 2.05) is 19.1 Å². The number of carbonyl (C=O) groups excluding carboxylic acids is 1. The highest BCUT2D eigenvalue weighted by molar-refractivity contribution is 5.78. The number of esters is 1. The Balaban J connectivity index is 1.96. The number of nitrogens with one attached hydrogen (secondary N) is 2. The summed E-state index contributed by atoms with van der Waals surface area (Å²) in [5, 5.41) is 6.00. The summed E-state index contributed by atoms with van der Waals surface area (Å²) in [6.07, 6.45) is -0.369. The summed E-state index contributed by atoms with van der Waals surface area (Å²) in [5.41, 5.74) is 1.15. The average Bonchev–Trinajstić information content (AvgIpc) is 2.74. The zero-order chi connectivity index (χ0) is 10.7. The second kappa shape index (κ2) is 4.42. The van der Waals surface area contributed by atoms with Crippen molar-refractivity contribution >= 4 is 5.97 Å². The van der Waals surface area contributed by atoms with Crippen LogP contribution >= 0.6 is 0 Å². The number of aryl methyl sites for hydroxylation is 1. The van der Waals surface area contributed by atoms with Gasteiger partial charge in [-0.3, -0.25) is 10.6 Å². The van der Waals surface area contributed by atoms with Crippen LogP contribution in [0.15, 0.2) is 24.3 Å². The third-order valence-corrected chi connectivity index (χ3v) is 2.30. The molecule has 0 bridgehead atoms. The van der Waals surface area contributed by atoms with Crippen LogP contribution in [0.2, 0.25) is 0 Å². The van der Waals surface area contributed by atoms with Crippen LogP contribution in [-0.2, 0) is 4.79 Å². The predicted molar refractivity (Wildman–Crippen MR) is 56.6 cm³/mol. The van der Waals surface area contributed by atoms with Crippen LogP contribution in [0.5, 0.6) is 5.75 Å². The minimum atomic E-state index is -0.369. The summed E-state index contributed by atoms with van der Waals surface area (Å²) >= 11 is 0. The van der Waals surface area contributed by atoms with Crippen molar-refractivity contribution in [1.82, 2.24) is 10.6 Å². The van der Waals surface area contributed by atoms with E-state index in [4.69, 9.17) is 4.74 Å². The summed E-state index contributed by atoms with van der Waals surface area (Å²) < 4.78 is 5.19. The van der Waals surface area contributed by atoms with Crippen LogP contribution in [0.1, 0.15) is 5.56 Å². The Kier molecular flexibility index (Phi) is 2.99. The first-order chi connectivity index (χ1) is 7.25. The zero-order valence-electron chi connectivity index (χ0n) is 8.62. The van der Waals surface area contributed by atoms with E-state index in [1.54, 1.807) is 12.1 Å². The van der Waals surface area contributed by atoms with Crippen molar-refractivity contribution in [3.63, 3.8) is 0 Å². The topological polar surface area (TPSA) is 50.4 Å². The molecule has 0 aromatic heterocycles. The number of hydrogen-bond donors (Lipinski definition) is 2. The van der Waals surface area contributed by atoms with Crippen molar-refractivity contribution in [3.05, 3.63) is 29.8 Å². The Bertz CT molecular complexity index is 342. The van der Waals surface area contributed by atoms with E-state index in [9.17, 15) is 4.79 Å². The molecular weight excluding hydrogens is 192 g/mol. The first-order valence-electron chi connectivity index (χ1n) is 5.01. The van der Waals surface area contributed by atoms with Gasteiger partial charge in [-0.1, -0.05) is 17.7 Å². The molecule has 1 saturated heterocycles. The lowest BCUT2D eigenvalue weighted by molar-refractivity contribution is -0.136. The Morgan fingerprint density at radius 3 is 2.47 bits per heavy atom. The monoisotopic (exact) mass is 206 g/mol. The Morgan fingerprint density at radius 2 is 1.87 bits per heavy atom. The second-order valence-electron chi connectivity index (χ2n) is 3.58. The van der Waals surface area contributed by atoms with Crippen LogP contribution in [0, 0.1) is 6.92 Å². The first kappa shape index (κ1) is 10.1. The zero-order valence-corrected chi connectivity index (χ0v) is 8.62. The highest BCUT2D eigenvalue weighted by Crippen LogP contribution is 2.12. The van der Waals surface area contributed by atoms with Crippen LogP contribution in [0.3, 0.4) is 0 Å². The normalized spacial score (nSPS) is 16.6. The van der Waals surface area contributed by atoms with Crippen molar-refractivity contribution in [2.75, 3.05) is 13.1 Å². The number of hydrogen-bond acceptors (Lipinski definition) is 4. The molecule has 1 aromatic rings. The number of ether oxygens (including phenoxy) is 1. The summed E-state index contributed by atoms with van der Waals surface area (Å²) in [6, 6.07) is 7.42. The van der Waals surface area contributed by atoms with Gasteiger partial charge in [-0.15, -0.1) is 0 Å². The van der Waals surface area contributed by atoms with Crippen LogP contribution in [0.4, 0.5) is 0 Å². The lowest BCUT2D eigenvalue weighted by Gasteiger charge is -2.10. The van der Waals surface area contributed by atoms with Gasteiger partial charge in [-0.2, -0.15) is 0 Å². The van der Waals surface area contributed by atoms with Gasteiger partial charge in [0.15, 0.2) is 6.17 Å². The summed E-state index contributed by atoms with van der Waals surface area (Å²) in [4.78, 5) is 11.6. The molecule has 0 amide bonds. The van der Waals surface area contributed by atoms with Crippen molar-refractivity contribution in [2.24, 2.45) is 0 Å². The van der Waals surface area contributed by atoms with Gasteiger partial charge in [0.1, 0.15) is 5.75 Å². The lowest BCUT2D eigenvalue weighted by Crippen LogP contribution is -2.42. The maximum absolute atomic E-state index is 11.6. The predicted octanol–water partition coefficient (Wildman–Crippen LogP) is 0.419. The van der Waals surface area contributed by atoms with E-state index in [-0.39, 0.29) is 12.1 Å². The molecule has 0 unspecified atom stereocenters. The van der Waals surface area contributed by atoms with Crippen LogP contribution in [0.25, 0.3) is 0 Å². The summed E-state index contributed by atoms with van der Waals surface area (Å²) in [5.74, 6) is 0.303. The maximum Gasteiger partial charge on any atom is 0.343 e. The molecule has 1 aliphatic rings. The number of carbonyl (C=O) groups is 1. The minimum absolute atomic E-state index is 0.281. The minimum Gasteiger partial charge on any atom is -0.424 e. The van der Waals surface area contributed by atoms with Gasteiger partial charge in [-0.25, -0.2) is 4.79 Å². The standard InChI is InChI=1S/C11H14N2O2/c1-8-2-4-9(5-3-8)15-11(14)10-12-6-7-13-10/h2-5,10,12-13H,6-7H2,1H3. The van der Waals surface area contributed by atoms with E-state index in [2.05, 4.69) is 10.6 Å². The molecule has 15 heavy (non-hydrogen) atoms. The SMILES string of the molecule is Cc1ccc(OC(=O)C2NCCN2)cc1. The third-order valence-electron chi connectivity index (χ3n) is 2.30. The molecular formula is C11H14N2O2. The quantitative estimate of drug-likeness (QED) is 0.544. The molecule has 0 atom stereocenters. The van der Waals surface area contributed by atoms with E-state index >= 15 is 0 Å². The van der Waals surface area contributed by atoms with Crippen molar-refractivity contribution in [3.8, 4) is 5.75 Å². The molecule has 0 aliphatic carbocycles. The molecule has 2 N–H and O–H groups in total. The van der Waals surface area contributed by atoms with Crippen molar-refractivity contribution < 1.29 is 9.53 Å². The fraction of sp³-hybridized carbons (Fsp3) is 0.364. The Labute approximate surface area is 88.6 Å². The van der Waals surface area contributed by atoms with E-state index in [0.717, 1.165) is 18.7 Å². The summed E-state index contributed by atoms with van der Waals surface area (Å²) in [6.45, 7) is 3.59. The van der Waals surface area contributed by atoms with Gasteiger partial charge < -0.3 is 4.74 Å². The molecule has 4 nitrogen and oxygen atoms in total. The van der Waals surface area contributed by atoms with E-state index < -0.39 is 0 Å². The van der Waals surface area contributed by atoms with Gasteiger partial charge in [-0.05, 0) is 19.1 Å². The molecule has 2 rings (SSSR count). The summed E-state index contributed by atoms with van der Waals surface area (Å²) in [7, 11) is 0. The molecule has 1 aromatic carbocycles. The smallest absolute Gasteiger partial charge is 0.343 e. The Morgan fingerprint density at radius 1 is 1.27 bits per heavy atom. The Hall–Kier alpha value is -1.39. The van der Waals surface area contributed by atoms with Crippen LogP contribution < -0.4 is 15.4 Å². The van der Waals surface area contributed by atoms with Gasteiger partial charge in [0, 0.05) is 13.1 Å². The molecule has 0 saturated carbocycles. The largest absolute Gasteiger partial charge is 0.424 e. The molecule has 0 spiro atoms. The van der Waals surface area contributed by atoms with E-state index in [1.165, 1.54) is 0 Å². The molecule has 4 heteroatoms. The van der Waals surface area contributed by atoms with Gasteiger partial charge in [0.05, 0.1) is 0 Å². The van der Waals surface area contributed by atoms with Crippen molar-refractivity contribution in [1.29, 1.82) is 0 Å². The molecule has 80 valence electrons. The lowest BCUT2D eigenvalue weighted by atomic mass is 10.2. The number of rotatable bonds is 2. The fourth-order valence-electron chi connectivity index (χ4n) is 1.45. The number of benzene rings is 1. The average molecular weight is 206 g/mol. The van der Waals surface area contributed by atoms with Gasteiger partial charge in [0.2, 0.25) is 0 Å². The van der Waals surface area contributed by atoms with Crippen molar-refractivity contribution in [2.45, 2.75) is 13.1 Å². The third kappa shape index (κ3) is 2.55. The van der Waals surface area contributed by atoms with E-state index in [0.29, 0.717) is 5.75 Å². The fourth-order valence-corrected chi connectivity index (χ4v) is 1.45. The highest BCUT2D eigenvalue weighted by Gasteiger charge is 2.22. The highest BCUT2D eigenvalue weighted by atomic mass is 16.5. The maximum atomic E-state index is 11.6. The second-order valence-corrected chi connectivity index (χ2v) is 3.58. The molecule has 1 fully saturated rings. The molecule has 0 radical (unpaired) electrons. The van der Waals surface area contributed by atoms with Gasteiger partial charge >= 0.3 is 5.97 Å². The molecule has 1 aliphatic heterocycles. The van der Waals surface area contributed by atoms with Gasteiger partial charge in [0.25, 0.3) is 0 Å². The first-order valence-corrected chi connectivity index (χ1v) is 5.01.